The quantitative estimate of drug-likeness (QED) is 0.431. The standard InChI is InChI=1S/C4H7NO2.CH5N/c6-4-3-7-2-1-5-4;1-2/h1-3H2,(H,5,6);2H2,1H3. The van der Waals surface area contributed by atoms with E-state index < -0.39 is 0 Å². The van der Waals surface area contributed by atoms with Gasteiger partial charge in [0.05, 0.1) is 6.61 Å². The third-order valence-corrected chi connectivity index (χ3v) is 0.802. The normalized spacial score (nSPS) is 17.3. The van der Waals surface area contributed by atoms with E-state index in [1.54, 1.807) is 0 Å². The zero-order chi connectivity index (χ0) is 7.11. The molecule has 0 atom stereocenters. The van der Waals surface area contributed by atoms with Gasteiger partial charge in [0, 0.05) is 6.54 Å². The van der Waals surface area contributed by atoms with Crippen LogP contribution in [0.3, 0.4) is 0 Å². The van der Waals surface area contributed by atoms with E-state index in [9.17, 15) is 4.79 Å². The fourth-order valence-electron chi connectivity index (χ4n) is 0.479. The molecule has 0 aromatic heterocycles. The Kier molecular flexibility index (Phi) is 5.15. The van der Waals surface area contributed by atoms with Gasteiger partial charge in [-0.15, -0.1) is 0 Å². The molecule has 1 aliphatic rings. The second-order valence-electron chi connectivity index (χ2n) is 1.40. The fraction of sp³-hybridized carbons (Fsp3) is 0.800. The van der Waals surface area contributed by atoms with Crippen LogP contribution in [0, 0.1) is 0 Å². The van der Waals surface area contributed by atoms with Crippen molar-refractivity contribution in [3.63, 3.8) is 0 Å². The second-order valence-corrected chi connectivity index (χ2v) is 1.40. The van der Waals surface area contributed by atoms with Crippen LogP contribution in [0.5, 0.6) is 0 Å². The van der Waals surface area contributed by atoms with Crippen molar-refractivity contribution in [1.29, 1.82) is 0 Å². The molecule has 0 spiro atoms. The Morgan fingerprint density at radius 2 is 2.33 bits per heavy atom. The molecule has 3 N–H and O–H groups in total. The maximum absolute atomic E-state index is 10.2. The van der Waals surface area contributed by atoms with Crippen LogP contribution in [-0.4, -0.2) is 32.7 Å². The van der Waals surface area contributed by atoms with Gasteiger partial charge in [0.1, 0.15) is 6.61 Å². The highest BCUT2D eigenvalue weighted by Crippen LogP contribution is 1.79. The van der Waals surface area contributed by atoms with Crippen LogP contribution in [0.2, 0.25) is 0 Å². The molecule has 0 unspecified atom stereocenters. The average Bonchev–Trinajstić information content (AvgIpc) is 1.94. The van der Waals surface area contributed by atoms with Crippen LogP contribution >= 0.6 is 0 Å². The molecule has 0 saturated carbocycles. The van der Waals surface area contributed by atoms with E-state index in [2.05, 4.69) is 11.1 Å². The number of hydrogen-bond donors (Lipinski definition) is 2. The van der Waals surface area contributed by atoms with Crippen molar-refractivity contribution in [2.24, 2.45) is 5.73 Å². The lowest BCUT2D eigenvalue weighted by atomic mass is 10.5. The van der Waals surface area contributed by atoms with E-state index in [-0.39, 0.29) is 12.5 Å². The van der Waals surface area contributed by atoms with Gasteiger partial charge < -0.3 is 15.8 Å². The van der Waals surface area contributed by atoms with Gasteiger partial charge in [0.2, 0.25) is 5.91 Å². The molecule has 54 valence electrons. The van der Waals surface area contributed by atoms with E-state index in [1.807, 2.05) is 0 Å². The number of carbonyl (C=O) groups excluding carboxylic acids is 1. The number of rotatable bonds is 0. The molecule has 1 saturated heterocycles. The van der Waals surface area contributed by atoms with Gasteiger partial charge in [0.15, 0.2) is 0 Å². The number of nitrogens with two attached hydrogens (primary N) is 1. The molecule has 1 rings (SSSR count). The van der Waals surface area contributed by atoms with Crippen molar-refractivity contribution in [2.45, 2.75) is 0 Å². The summed E-state index contributed by atoms with van der Waals surface area (Å²) < 4.78 is 4.77. The van der Waals surface area contributed by atoms with Crippen LogP contribution < -0.4 is 11.1 Å². The zero-order valence-electron chi connectivity index (χ0n) is 5.52. The fourth-order valence-corrected chi connectivity index (χ4v) is 0.479. The first-order valence-electron chi connectivity index (χ1n) is 2.82. The molecular weight excluding hydrogens is 120 g/mol. The van der Waals surface area contributed by atoms with E-state index in [1.165, 1.54) is 7.05 Å². The molecule has 0 aromatic rings. The van der Waals surface area contributed by atoms with Gasteiger partial charge in [-0.1, -0.05) is 0 Å². The summed E-state index contributed by atoms with van der Waals surface area (Å²) in [7, 11) is 1.50. The Balaban J connectivity index is 0.000000291. The average molecular weight is 132 g/mol. The maximum Gasteiger partial charge on any atom is 0.246 e. The summed E-state index contributed by atoms with van der Waals surface area (Å²) in [6.07, 6.45) is 0. The summed E-state index contributed by atoms with van der Waals surface area (Å²) in [6.45, 7) is 1.56. The Morgan fingerprint density at radius 3 is 2.56 bits per heavy atom. The van der Waals surface area contributed by atoms with E-state index in [0.717, 1.165) is 0 Å². The van der Waals surface area contributed by atoms with E-state index >= 15 is 0 Å². The summed E-state index contributed by atoms with van der Waals surface area (Å²) in [5.41, 5.74) is 4.50. The van der Waals surface area contributed by atoms with Crippen molar-refractivity contribution in [3.8, 4) is 0 Å². The molecule has 1 fully saturated rings. The Bertz CT molecular complexity index is 77.0. The summed E-state index contributed by atoms with van der Waals surface area (Å²) >= 11 is 0. The highest BCUT2D eigenvalue weighted by Gasteiger charge is 2.04. The Morgan fingerprint density at radius 1 is 1.67 bits per heavy atom. The monoisotopic (exact) mass is 132 g/mol. The molecular formula is C5H12N2O2. The minimum Gasteiger partial charge on any atom is -0.370 e. The molecule has 1 amide bonds. The van der Waals surface area contributed by atoms with Crippen LogP contribution in [0.4, 0.5) is 0 Å². The molecule has 4 nitrogen and oxygen atoms in total. The lowest BCUT2D eigenvalue weighted by Gasteiger charge is -2.10. The van der Waals surface area contributed by atoms with Gasteiger partial charge in [-0.2, -0.15) is 0 Å². The predicted octanol–water partition coefficient (Wildman–Crippen LogP) is -1.29. The number of hydrogen-bond acceptors (Lipinski definition) is 3. The number of amides is 1. The first-order chi connectivity index (χ1) is 4.39. The van der Waals surface area contributed by atoms with Crippen LogP contribution in [0.15, 0.2) is 0 Å². The molecule has 0 radical (unpaired) electrons. The topological polar surface area (TPSA) is 64.4 Å². The largest absolute Gasteiger partial charge is 0.370 e. The van der Waals surface area contributed by atoms with E-state index in [4.69, 9.17) is 4.74 Å². The second kappa shape index (κ2) is 5.53. The first kappa shape index (κ1) is 8.39. The van der Waals surface area contributed by atoms with Gasteiger partial charge in [-0.3, -0.25) is 4.79 Å². The molecule has 4 heteroatoms. The van der Waals surface area contributed by atoms with Gasteiger partial charge in [-0.05, 0) is 7.05 Å². The maximum atomic E-state index is 10.2. The first-order valence-corrected chi connectivity index (χ1v) is 2.82. The lowest BCUT2D eigenvalue weighted by Crippen LogP contribution is -2.36. The van der Waals surface area contributed by atoms with Crippen molar-refractivity contribution in [1.82, 2.24) is 5.32 Å². The molecule has 0 aliphatic carbocycles. The van der Waals surface area contributed by atoms with Crippen molar-refractivity contribution in [3.05, 3.63) is 0 Å². The summed E-state index contributed by atoms with van der Waals surface area (Å²) in [4.78, 5) is 10.2. The zero-order valence-corrected chi connectivity index (χ0v) is 5.52. The Hall–Kier alpha value is -0.610. The summed E-state index contributed by atoms with van der Waals surface area (Å²) in [5, 5.41) is 2.62. The smallest absolute Gasteiger partial charge is 0.246 e. The molecule has 9 heavy (non-hydrogen) atoms. The Labute approximate surface area is 54.4 Å². The van der Waals surface area contributed by atoms with Gasteiger partial charge in [0.25, 0.3) is 0 Å². The van der Waals surface area contributed by atoms with Gasteiger partial charge in [-0.25, -0.2) is 0 Å². The number of carbonyl (C=O) groups is 1. The highest BCUT2D eigenvalue weighted by molar-refractivity contribution is 5.77. The highest BCUT2D eigenvalue weighted by atomic mass is 16.5. The molecule has 0 bridgehead atoms. The number of nitrogens with one attached hydrogen (secondary N) is 1. The minimum atomic E-state index is -0.00810. The molecule has 0 aromatic carbocycles. The number of morpholine rings is 1. The predicted molar refractivity (Wildman–Crippen MR) is 33.9 cm³/mol. The van der Waals surface area contributed by atoms with E-state index in [0.29, 0.717) is 13.2 Å². The minimum absolute atomic E-state index is 0.00810. The summed E-state index contributed by atoms with van der Waals surface area (Å²) in [5.74, 6) is -0.00810. The molecule has 1 aliphatic heterocycles. The van der Waals surface area contributed by atoms with Crippen molar-refractivity contribution < 1.29 is 9.53 Å². The van der Waals surface area contributed by atoms with Crippen LogP contribution in [0.1, 0.15) is 0 Å². The molecule has 1 heterocycles. The number of ether oxygens (including phenoxy) is 1. The van der Waals surface area contributed by atoms with Crippen LogP contribution in [0.25, 0.3) is 0 Å². The van der Waals surface area contributed by atoms with Crippen molar-refractivity contribution in [2.75, 3.05) is 26.8 Å². The SMILES string of the molecule is CN.O=C1COCCN1. The van der Waals surface area contributed by atoms with Crippen LogP contribution in [-0.2, 0) is 9.53 Å². The van der Waals surface area contributed by atoms with Crippen molar-refractivity contribution >= 4 is 5.91 Å². The van der Waals surface area contributed by atoms with Gasteiger partial charge >= 0.3 is 0 Å². The summed E-state index contributed by atoms with van der Waals surface area (Å²) in [6, 6.07) is 0. The third kappa shape index (κ3) is 3.93. The lowest BCUT2D eigenvalue weighted by molar-refractivity contribution is -0.128. The third-order valence-electron chi connectivity index (χ3n) is 0.802.